The van der Waals surface area contributed by atoms with E-state index in [1.54, 1.807) is 6.07 Å². The molecule has 0 aliphatic heterocycles. The average Bonchev–Trinajstić information content (AvgIpc) is 2.61. The fourth-order valence-electron chi connectivity index (χ4n) is 1.52. The number of aromatic hydroxyl groups is 1. The number of aryl methyl sites for hydroxylation is 1. The largest absolute Gasteiger partial charge is 0.507 e. The zero-order valence-electron chi connectivity index (χ0n) is 8.61. The van der Waals surface area contributed by atoms with E-state index in [2.05, 4.69) is 5.16 Å². The molecular formula is C11H12N2O2. The van der Waals surface area contributed by atoms with Crippen molar-refractivity contribution in [3.63, 3.8) is 0 Å². The Hall–Kier alpha value is -1.97. The molecule has 1 aromatic carbocycles. The molecule has 0 atom stereocenters. The van der Waals surface area contributed by atoms with Gasteiger partial charge in [0, 0.05) is 17.2 Å². The van der Waals surface area contributed by atoms with Gasteiger partial charge in [-0.3, -0.25) is 0 Å². The lowest BCUT2D eigenvalue weighted by molar-refractivity contribution is 0.434. The Balaban J connectivity index is 2.59. The van der Waals surface area contributed by atoms with Crippen LogP contribution < -0.4 is 5.73 Å². The quantitative estimate of drug-likeness (QED) is 0.747. The molecule has 0 saturated carbocycles. The summed E-state index contributed by atoms with van der Waals surface area (Å²) in [6.45, 7) is 3.68. The smallest absolute Gasteiger partial charge is 0.169 e. The normalized spacial score (nSPS) is 10.5. The van der Waals surface area contributed by atoms with Gasteiger partial charge in [0.05, 0.1) is 0 Å². The minimum absolute atomic E-state index is 0.280. The van der Waals surface area contributed by atoms with Crippen LogP contribution >= 0.6 is 0 Å². The first-order valence-corrected chi connectivity index (χ1v) is 4.61. The number of anilines is 1. The first kappa shape index (κ1) is 9.58. The monoisotopic (exact) mass is 204 g/mol. The summed E-state index contributed by atoms with van der Waals surface area (Å²) in [6.07, 6.45) is 0. The summed E-state index contributed by atoms with van der Waals surface area (Å²) in [5.41, 5.74) is 7.88. The second-order valence-electron chi connectivity index (χ2n) is 3.52. The van der Waals surface area contributed by atoms with Gasteiger partial charge in [-0.2, -0.15) is 0 Å². The topological polar surface area (TPSA) is 72.3 Å². The maximum Gasteiger partial charge on any atom is 0.169 e. The second-order valence-corrected chi connectivity index (χ2v) is 3.52. The van der Waals surface area contributed by atoms with Gasteiger partial charge in [0.1, 0.15) is 5.75 Å². The highest BCUT2D eigenvalue weighted by Gasteiger charge is 2.11. The number of aromatic nitrogens is 1. The summed E-state index contributed by atoms with van der Waals surface area (Å²) in [6, 6.07) is 5.35. The molecule has 4 heteroatoms. The summed E-state index contributed by atoms with van der Waals surface area (Å²) in [4.78, 5) is 0. The molecule has 78 valence electrons. The van der Waals surface area contributed by atoms with Crippen molar-refractivity contribution in [1.82, 2.24) is 5.16 Å². The molecule has 0 spiro atoms. The molecule has 0 amide bonds. The van der Waals surface area contributed by atoms with Crippen molar-refractivity contribution in [2.24, 2.45) is 0 Å². The SMILES string of the molecule is Cc1ccc(-c2cc(N)no2)c(C)c1O. The molecule has 1 heterocycles. The number of benzene rings is 1. The summed E-state index contributed by atoms with van der Waals surface area (Å²) in [7, 11) is 0. The molecule has 3 N–H and O–H groups in total. The van der Waals surface area contributed by atoms with Crippen LogP contribution in [0.15, 0.2) is 22.7 Å². The number of rotatable bonds is 1. The van der Waals surface area contributed by atoms with E-state index >= 15 is 0 Å². The molecule has 0 radical (unpaired) electrons. The number of hydrogen-bond acceptors (Lipinski definition) is 4. The zero-order valence-corrected chi connectivity index (χ0v) is 8.61. The maximum absolute atomic E-state index is 9.76. The highest BCUT2D eigenvalue weighted by molar-refractivity contribution is 5.67. The van der Waals surface area contributed by atoms with Gasteiger partial charge in [0.2, 0.25) is 0 Å². The van der Waals surface area contributed by atoms with Gasteiger partial charge in [-0.05, 0) is 19.4 Å². The summed E-state index contributed by atoms with van der Waals surface area (Å²) >= 11 is 0. The second kappa shape index (κ2) is 3.31. The van der Waals surface area contributed by atoms with Crippen LogP contribution in [0, 0.1) is 13.8 Å². The van der Waals surface area contributed by atoms with E-state index in [9.17, 15) is 5.11 Å². The minimum Gasteiger partial charge on any atom is -0.507 e. The molecule has 0 fully saturated rings. The Labute approximate surface area is 87.3 Å². The summed E-state index contributed by atoms with van der Waals surface area (Å²) in [5.74, 6) is 1.19. The molecule has 0 aliphatic carbocycles. The van der Waals surface area contributed by atoms with Crippen LogP contribution in [0.5, 0.6) is 5.75 Å². The van der Waals surface area contributed by atoms with E-state index in [-0.39, 0.29) is 5.75 Å². The van der Waals surface area contributed by atoms with Crippen LogP contribution in [0.1, 0.15) is 11.1 Å². The fourth-order valence-corrected chi connectivity index (χ4v) is 1.52. The predicted octanol–water partition coefficient (Wildman–Crippen LogP) is 2.25. The summed E-state index contributed by atoms with van der Waals surface area (Å²) < 4.78 is 5.04. The Bertz CT molecular complexity index is 503. The summed E-state index contributed by atoms with van der Waals surface area (Å²) in [5, 5.41) is 13.4. The predicted molar refractivity (Wildman–Crippen MR) is 57.5 cm³/mol. The number of nitrogen functional groups attached to an aromatic ring is 1. The molecule has 0 aliphatic rings. The molecular weight excluding hydrogens is 192 g/mol. The molecule has 2 aromatic rings. The Kier molecular flexibility index (Phi) is 2.11. The van der Waals surface area contributed by atoms with Crippen molar-refractivity contribution < 1.29 is 9.63 Å². The van der Waals surface area contributed by atoms with Crippen LogP contribution in [-0.2, 0) is 0 Å². The standard InChI is InChI=1S/C11H12N2O2/c1-6-3-4-8(7(2)11(6)14)9-5-10(12)13-15-9/h3-5,14H,1-2H3,(H2,12,13). The van der Waals surface area contributed by atoms with Crippen molar-refractivity contribution in [3.8, 4) is 17.1 Å². The zero-order chi connectivity index (χ0) is 11.0. The number of hydrogen-bond donors (Lipinski definition) is 2. The molecule has 0 bridgehead atoms. The van der Waals surface area contributed by atoms with Gasteiger partial charge in [-0.15, -0.1) is 0 Å². The number of phenols is 1. The first-order valence-electron chi connectivity index (χ1n) is 4.61. The van der Waals surface area contributed by atoms with Gasteiger partial charge in [0.25, 0.3) is 0 Å². The van der Waals surface area contributed by atoms with E-state index in [4.69, 9.17) is 10.3 Å². The fraction of sp³-hybridized carbons (Fsp3) is 0.182. The molecule has 2 rings (SSSR count). The molecule has 4 nitrogen and oxygen atoms in total. The van der Waals surface area contributed by atoms with Crippen LogP contribution in [-0.4, -0.2) is 10.3 Å². The van der Waals surface area contributed by atoms with Crippen LogP contribution in [0.25, 0.3) is 11.3 Å². The number of nitrogens with two attached hydrogens (primary N) is 1. The molecule has 0 unspecified atom stereocenters. The van der Waals surface area contributed by atoms with E-state index < -0.39 is 0 Å². The van der Waals surface area contributed by atoms with Crippen molar-refractivity contribution in [3.05, 3.63) is 29.3 Å². The maximum atomic E-state index is 9.76. The van der Waals surface area contributed by atoms with Crippen LogP contribution in [0.2, 0.25) is 0 Å². The van der Waals surface area contributed by atoms with Crippen LogP contribution in [0.3, 0.4) is 0 Å². The number of nitrogens with zero attached hydrogens (tertiary/aromatic N) is 1. The third-order valence-corrected chi connectivity index (χ3v) is 2.43. The lowest BCUT2D eigenvalue weighted by Crippen LogP contribution is -1.85. The minimum atomic E-state index is 0.280. The lowest BCUT2D eigenvalue weighted by Gasteiger charge is -2.06. The van der Waals surface area contributed by atoms with Crippen molar-refractivity contribution in [2.75, 3.05) is 5.73 Å². The highest BCUT2D eigenvalue weighted by atomic mass is 16.5. The van der Waals surface area contributed by atoms with Gasteiger partial charge in [-0.25, -0.2) is 0 Å². The highest BCUT2D eigenvalue weighted by Crippen LogP contribution is 2.32. The van der Waals surface area contributed by atoms with Crippen molar-refractivity contribution in [2.45, 2.75) is 13.8 Å². The lowest BCUT2D eigenvalue weighted by atomic mass is 10.0. The van der Waals surface area contributed by atoms with Crippen molar-refractivity contribution >= 4 is 5.82 Å². The van der Waals surface area contributed by atoms with Gasteiger partial charge < -0.3 is 15.4 Å². The van der Waals surface area contributed by atoms with E-state index in [0.29, 0.717) is 11.6 Å². The van der Waals surface area contributed by atoms with Gasteiger partial charge in [-0.1, -0.05) is 17.3 Å². The van der Waals surface area contributed by atoms with Gasteiger partial charge >= 0.3 is 0 Å². The third kappa shape index (κ3) is 1.54. The number of phenolic OH excluding ortho intramolecular Hbond substituents is 1. The first-order chi connectivity index (χ1) is 7.09. The van der Waals surface area contributed by atoms with E-state index in [1.807, 2.05) is 26.0 Å². The molecule has 1 aromatic heterocycles. The third-order valence-electron chi connectivity index (χ3n) is 2.43. The van der Waals surface area contributed by atoms with E-state index in [1.165, 1.54) is 0 Å². The Morgan fingerprint density at radius 1 is 1.33 bits per heavy atom. The Morgan fingerprint density at radius 3 is 2.67 bits per heavy atom. The molecule has 0 saturated heterocycles. The molecule has 15 heavy (non-hydrogen) atoms. The van der Waals surface area contributed by atoms with Gasteiger partial charge in [0.15, 0.2) is 11.6 Å². The van der Waals surface area contributed by atoms with E-state index in [0.717, 1.165) is 16.7 Å². The van der Waals surface area contributed by atoms with Crippen molar-refractivity contribution in [1.29, 1.82) is 0 Å². The Morgan fingerprint density at radius 2 is 2.07 bits per heavy atom. The average molecular weight is 204 g/mol. The van der Waals surface area contributed by atoms with Crippen LogP contribution in [0.4, 0.5) is 5.82 Å².